The number of aliphatic hydroxyl groups excluding tert-OH is 1. The summed E-state index contributed by atoms with van der Waals surface area (Å²) in [6.45, 7) is 13.3. The van der Waals surface area contributed by atoms with E-state index in [2.05, 4.69) is 20.1 Å². The van der Waals surface area contributed by atoms with Crippen molar-refractivity contribution in [3.05, 3.63) is 29.3 Å². The standard InChI is InChI=1S/C44H65FN6O11S/c1-12-31-44(9,56)38-25(5)34(49-33(52)13-2)23(3)18-42(7,58-20-27(19-57-38)50-59-21-28-22-63-39(47-28)29-15-14-16-32(46)48-29)37(26(6)36(54)43(8,45)41(55)61-31)62-40-35(53)30(51(10)11)17-24(4)60-40/h14-16,22-26,30-31,35,37-38,40,53,56H,12-13,17-21H2,1-11H3,(H2,46,48)/b49-34+,50-27+/t23-,24-,25+,26?,30+,31-,35-,37-,38-,40+,42-,43+,44-/m1/s1. The van der Waals surface area contributed by atoms with Crippen molar-refractivity contribution in [1.82, 2.24) is 14.9 Å². The second-order valence-corrected chi connectivity index (χ2v) is 18.7. The maximum absolute atomic E-state index is 17.0. The molecule has 0 aliphatic carbocycles. The smallest absolute Gasteiger partial charge is 0.351 e. The molecule has 3 fully saturated rings. The number of hydrogen-bond acceptors (Lipinski definition) is 17. The van der Waals surface area contributed by atoms with Crippen LogP contribution in [0.4, 0.5) is 10.2 Å². The third-order valence-electron chi connectivity index (χ3n) is 12.4. The third kappa shape index (κ3) is 11.4. The Morgan fingerprint density at radius 1 is 1.10 bits per heavy atom. The van der Waals surface area contributed by atoms with Gasteiger partial charge in [-0.1, -0.05) is 45.8 Å². The fourth-order valence-electron chi connectivity index (χ4n) is 8.90. The van der Waals surface area contributed by atoms with Gasteiger partial charge in [-0.25, -0.2) is 24.1 Å². The maximum atomic E-state index is 17.0. The van der Waals surface area contributed by atoms with Gasteiger partial charge >= 0.3 is 5.97 Å². The van der Waals surface area contributed by atoms with Gasteiger partial charge in [-0.05, 0) is 79.1 Å². The molecule has 0 radical (unpaired) electrons. The first-order valence-electron chi connectivity index (χ1n) is 21.6. The number of fused-ring (bicyclic) bond motifs is 5. The number of alkyl halides is 1. The number of pyridine rings is 1. The number of nitrogen functional groups attached to an aromatic ring is 1. The second-order valence-electron chi connectivity index (χ2n) is 17.8. The molecule has 5 heterocycles. The molecule has 2 aromatic rings. The minimum atomic E-state index is -3.23. The molecule has 63 heavy (non-hydrogen) atoms. The van der Waals surface area contributed by atoms with Crippen LogP contribution in [0.3, 0.4) is 0 Å². The molecule has 3 saturated heterocycles. The molecule has 4 N–H and O–H groups in total. The Labute approximate surface area is 372 Å². The van der Waals surface area contributed by atoms with Crippen molar-refractivity contribution in [3.8, 4) is 10.7 Å². The highest BCUT2D eigenvalue weighted by Crippen LogP contribution is 2.41. The van der Waals surface area contributed by atoms with E-state index in [1.165, 1.54) is 25.2 Å². The Morgan fingerprint density at radius 2 is 1.81 bits per heavy atom. The lowest BCUT2D eigenvalue weighted by molar-refractivity contribution is -0.296. The number of ether oxygens (including phenoxy) is 5. The van der Waals surface area contributed by atoms with Crippen molar-refractivity contribution < 1.29 is 57.5 Å². The number of thiazole rings is 1. The minimum absolute atomic E-state index is 0.00176. The van der Waals surface area contributed by atoms with Crippen LogP contribution in [0.5, 0.6) is 0 Å². The van der Waals surface area contributed by atoms with Gasteiger partial charge in [0.05, 0.1) is 42.8 Å². The van der Waals surface area contributed by atoms with E-state index in [1.807, 2.05) is 32.8 Å². The third-order valence-corrected chi connectivity index (χ3v) is 13.3. The molecule has 0 saturated carbocycles. The summed E-state index contributed by atoms with van der Waals surface area (Å²) in [7, 11) is 3.63. The Kier molecular flexibility index (Phi) is 16.4. The first-order chi connectivity index (χ1) is 29.5. The van der Waals surface area contributed by atoms with Crippen molar-refractivity contribution in [1.29, 1.82) is 0 Å². The Hall–Kier alpha value is -3.82. The number of nitrogens with zero attached hydrogens (tertiary/aromatic N) is 5. The molecule has 13 atom stereocenters. The van der Waals surface area contributed by atoms with Crippen LogP contribution in [0.15, 0.2) is 33.7 Å². The first kappa shape index (κ1) is 50.2. The van der Waals surface area contributed by atoms with Gasteiger partial charge in [0, 0.05) is 35.4 Å². The molecular formula is C44H65FN6O11S. The molecule has 3 aliphatic rings. The van der Waals surface area contributed by atoms with Crippen LogP contribution in [-0.2, 0) is 49.5 Å². The molecule has 17 nitrogen and oxygen atoms in total. The van der Waals surface area contributed by atoms with Gasteiger partial charge in [-0.3, -0.25) is 9.59 Å². The van der Waals surface area contributed by atoms with Gasteiger partial charge < -0.3 is 49.4 Å². The van der Waals surface area contributed by atoms with Gasteiger partial charge in [-0.2, -0.15) is 0 Å². The van der Waals surface area contributed by atoms with Gasteiger partial charge in [0.2, 0.25) is 5.91 Å². The lowest BCUT2D eigenvalue weighted by Crippen LogP contribution is -2.61. The highest BCUT2D eigenvalue weighted by molar-refractivity contribution is 7.13. The molecule has 3 aliphatic heterocycles. The van der Waals surface area contributed by atoms with Crippen molar-refractivity contribution in [2.45, 2.75) is 154 Å². The van der Waals surface area contributed by atoms with Crippen LogP contribution in [0.25, 0.3) is 10.7 Å². The summed E-state index contributed by atoms with van der Waals surface area (Å²) < 4.78 is 48.9. The highest BCUT2D eigenvalue weighted by Gasteiger charge is 2.56. The molecule has 2 bridgehead atoms. The summed E-state index contributed by atoms with van der Waals surface area (Å²) in [5.74, 6) is -5.70. The highest BCUT2D eigenvalue weighted by atomic mass is 32.1. The molecule has 19 heteroatoms. The van der Waals surface area contributed by atoms with E-state index in [4.69, 9.17) is 34.3 Å². The molecule has 350 valence electrons. The number of hydrogen-bond donors (Lipinski definition) is 3. The number of carbonyl (C=O) groups excluding carboxylic acids is 3. The Balaban J connectivity index is 1.67. The summed E-state index contributed by atoms with van der Waals surface area (Å²) in [6.07, 6.45) is -6.48. The summed E-state index contributed by atoms with van der Waals surface area (Å²) in [6, 6.07) is 4.84. The fourth-order valence-corrected chi connectivity index (χ4v) is 9.67. The van der Waals surface area contributed by atoms with Crippen LogP contribution in [0, 0.1) is 17.8 Å². The van der Waals surface area contributed by atoms with E-state index in [0.29, 0.717) is 34.3 Å². The lowest BCUT2D eigenvalue weighted by Gasteiger charge is -2.47. The predicted molar refractivity (Wildman–Crippen MR) is 234 cm³/mol. The number of oxime groups is 1. The number of likely N-dealkylation sites (N-methyl/N-ethyl adjacent to an activating group) is 1. The van der Waals surface area contributed by atoms with Crippen LogP contribution in [0.1, 0.15) is 93.7 Å². The predicted octanol–water partition coefficient (Wildman–Crippen LogP) is 4.70. The number of rotatable bonds is 9. The number of ketones is 1. The van der Waals surface area contributed by atoms with E-state index in [9.17, 15) is 24.6 Å². The molecule has 0 spiro atoms. The number of cyclic esters (lactones) is 1. The topological polar surface area (TPSA) is 227 Å². The zero-order valence-corrected chi connectivity index (χ0v) is 39.0. The largest absolute Gasteiger partial charge is 0.457 e. The van der Waals surface area contributed by atoms with Gasteiger partial charge in [0.15, 0.2) is 18.7 Å². The van der Waals surface area contributed by atoms with Crippen molar-refractivity contribution in [3.63, 3.8) is 0 Å². The number of aliphatic imine (C=N–C) groups is 1. The number of aromatic nitrogens is 2. The number of esters is 1. The van der Waals surface area contributed by atoms with Crippen LogP contribution in [0.2, 0.25) is 0 Å². The van der Waals surface area contributed by atoms with E-state index < -0.39 is 95.1 Å². The lowest BCUT2D eigenvalue weighted by atomic mass is 9.73. The van der Waals surface area contributed by atoms with E-state index in [0.717, 1.165) is 6.92 Å². The minimum Gasteiger partial charge on any atom is -0.457 e. The van der Waals surface area contributed by atoms with Crippen LogP contribution in [-0.4, -0.2) is 141 Å². The Bertz CT molecular complexity index is 2000. The van der Waals surface area contributed by atoms with Crippen LogP contribution >= 0.6 is 11.3 Å². The number of carbonyl (C=O) groups is 3. The maximum Gasteiger partial charge on any atom is 0.351 e. The number of anilines is 1. The quantitative estimate of drug-likeness (QED) is 0.176. The number of halogens is 1. The second kappa shape index (κ2) is 20.6. The van der Waals surface area contributed by atoms with Gasteiger partial charge in [0.1, 0.15) is 40.0 Å². The fraction of sp³-hybridized carbons (Fsp3) is 0.705. The van der Waals surface area contributed by atoms with Crippen molar-refractivity contribution in [2.24, 2.45) is 27.9 Å². The number of aliphatic hydroxyl groups is 2. The van der Waals surface area contributed by atoms with Crippen LogP contribution < -0.4 is 5.73 Å². The summed E-state index contributed by atoms with van der Waals surface area (Å²) in [4.78, 5) is 62.8. The number of Topliss-reactive ketones (excluding diaryl/α,β-unsaturated/α-hetero) is 1. The number of amides is 1. The monoisotopic (exact) mass is 904 g/mol. The molecule has 2 aromatic heterocycles. The van der Waals surface area contributed by atoms with E-state index in [1.54, 1.807) is 51.3 Å². The molecule has 1 unspecified atom stereocenters. The normalized spacial score (nSPS) is 37.6. The molecular weight excluding hydrogens is 840 g/mol. The van der Waals surface area contributed by atoms with Crippen molar-refractivity contribution >= 4 is 46.2 Å². The average molecular weight is 905 g/mol. The average Bonchev–Trinajstić information content (AvgIpc) is 3.70. The molecule has 1 amide bonds. The SMILES string of the molecule is CCC(=O)/N=C1\[C@H](C)C[C@@]2(C)OC/C(=N/OCc3csc(-c4cccc(N)n4)n3)CO[C@H]([C@H]1C)[C@](C)(O)[C@@H](CC)OC(=O)[C@@](C)(F)C(=O)C(C)[C@H]2O[C@@H]1O[C@H](C)C[C@H](N(C)C)[C@H]1O. The Morgan fingerprint density at radius 3 is 2.46 bits per heavy atom. The summed E-state index contributed by atoms with van der Waals surface area (Å²) >= 11 is 1.35. The zero-order chi connectivity index (χ0) is 46.6. The summed E-state index contributed by atoms with van der Waals surface area (Å²) in [5.41, 5.74) is 0.692. The van der Waals surface area contributed by atoms with E-state index >= 15 is 4.39 Å². The summed E-state index contributed by atoms with van der Waals surface area (Å²) in [5, 5.41) is 31.0. The van der Waals surface area contributed by atoms with Gasteiger partial charge in [-0.15, -0.1) is 11.3 Å². The molecule has 5 rings (SSSR count). The van der Waals surface area contributed by atoms with Gasteiger partial charge in [0.25, 0.3) is 5.67 Å². The first-order valence-corrected chi connectivity index (χ1v) is 22.5. The van der Waals surface area contributed by atoms with Crippen molar-refractivity contribution in [2.75, 3.05) is 33.0 Å². The zero-order valence-electron chi connectivity index (χ0n) is 38.2. The number of nitrogens with two attached hydrogens (primary N) is 1. The molecule has 0 aromatic carbocycles. The van der Waals surface area contributed by atoms with E-state index in [-0.39, 0.29) is 44.8 Å².